The molecule has 5 rings (SSSR count). The minimum absolute atomic E-state index is 0. The Kier molecular flexibility index (Phi) is 4.88. The largest absolute Gasteiger partial charge is 0.493 e. The van der Waals surface area contributed by atoms with Crippen LogP contribution < -0.4 is 10.1 Å². The highest BCUT2D eigenvalue weighted by molar-refractivity contribution is 5.85. The summed E-state index contributed by atoms with van der Waals surface area (Å²) in [5, 5.41) is 3.41. The van der Waals surface area contributed by atoms with Crippen LogP contribution in [0.3, 0.4) is 0 Å². The van der Waals surface area contributed by atoms with Crippen LogP contribution in [0.25, 0.3) is 0 Å². The molecule has 1 spiro atoms. The average molecular weight is 378 g/mol. The Morgan fingerprint density at radius 3 is 2.85 bits per heavy atom. The van der Waals surface area contributed by atoms with Crippen molar-refractivity contribution in [3.8, 4) is 5.75 Å². The first-order valence-electron chi connectivity index (χ1n) is 9.74. The van der Waals surface area contributed by atoms with Gasteiger partial charge in [0.25, 0.3) is 0 Å². The summed E-state index contributed by atoms with van der Waals surface area (Å²) in [6.07, 6.45) is 3.11. The van der Waals surface area contributed by atoms with Crippen molar-refractivity contribution in [2.45, 2.75) is 30.7 Å². The number of rotatable bonds is 2. The number of benzene rings is 1. The number of nitrogens with one attached hydrogen (secondary N) is 1. The second kappa shape index (κ2) is 7.02. The van der Waals surface area contributed by atoms with E-state index in [4.69, 9.17) is 4.74 Å². The van der Waals surface area contributed by atoms with Gasteiger partial charge in [-0.05, 0) is 25.3 Å². The van der Waals surface area contributed by atoms with E-state index in [1.165, 1.54) is 5.56 Å². The van der Waals surface area contributed by atoms with Crippen molar-refractivity contribution < 1.29 is 9.53 Å². The molecule has 3 heterocycles. The van der Waals surface area contributed by atoms with Gasteiger partial charge >= 0.3 is 0 Å². The van der Waals surface area contributed by atoms with Gasteiger partial charge in [0.05, 0.1) is 6.61 Å². The van der Waals surface area contributed by atoms with Crippen molar-refractivity contribution in [2.75, 3.05) is 45.9 Å². The number of carbonyl (C=O) groups excluding carboxylic acids is 1. The first-order chi connectivity index (χ1) is 12.3. The highest BCUT2D eigenvalue weighted by atomic mass is 35.5. The Balaban J connectivity index is 0.00000168. The van der Waals surface area contributed by atoms with E-state index in [9.17, 15) is 4.79 Å². The molecule has 0 radical (unpaired) electrons. The van der Waals surface area contributed by atoms with Gasteiger partial charge in [-0.25, -0.2) is 0 Å². The van der Waals surface area contributed by atoms with Crippen molar-refractivity contribution >= 4 is 18.3 Å². The van der Waals surface area contributed by atoms with Gasteiger partial charge in [-0.3, -0.25) is 9.69 Å². The summed E-state index contributed by atoms with van der Waals surface area (Å²) in [5.74, 6) is 1.54. The first-order valence-corrected chi connectivity index (χ1v) is 9.74. The van der Waals surface area contributed by atoms with Gasteiger partial charge in [-0.2, -0.15) is 0 Å². The van der Waals surface area contributed by atoms with Crippen LogP contribution in [0.15, 0.2) is 24.3 Å². The fourth-order valence-electron chi connectivity index (χ4n) is 5.19. The molecule has 1 saturated carbocycles. The molecule has 1 N–H and O–H groups in total. The van der Waals surface area contributed by atoms with Crippen molar-refractivity contribution in [3.63, 3.8) is 0 Å². The predicted octanol–water partition coefficient (Wildman–Crippen LogP) is 1.65. The van der Waals surface area contributed by atoms with E-state index in [2.05, 4.69) is 27.2 Å². The van der Waals surface area contributed by atoms with Crippen molar-refractivity contribution in [3.05, 3.63) is 29.8 Å². The van der Waals surface area contributed by atoms with Gasteiger partial charge < -0.3 is 15.0 Å². The zero-order valence-corrected chi connectivity index (χ0v) is 16.0. The molecular weight excluding hydrogens is 350 g/mol. The van der Waals surface area contributed by atoms with Gasteiger partial charge in [0.15, 0.2) is 0 Å². The Morgan fingerprint density at radius 2 is 2.00 bits per heavy atom. The monoisotopic (exact) mass is 377 g/mol. The Morgan fingerprint density at radius 1 is 1.19 bits per heavy atom. The number of hydrogen-bond donors (Lipinski definition) is 1. The third-order valence-corrected chi connectivity index (χ3v) is 6.75. The summed E-state index contributed by atoms with van der Waals surface area (Å²) in [6, 6.07) is 8.87. The van der Waals surface area contributed by atoms with E-state index < -0.39 is 0 Å². The van der Waals surface area contributed by atoms with Gasteiger partial charge in [0, 0.05) is 62.2 Å². The maximum absolute atomic E-state index is 13.2. The zero-order valence-electron chi connectivity index (χ0n) is 15.2. The summed E-state index contributed by atoms with van der Waals surface area (Å²) in [7, 11) is 0. The van der Waals surface area contributed by atoms with Crippen LogP contribution in [0.5, 0.6) is 5.75 Å². The summed E-state index contributed by atoms with van der Waals surface area (Å²) >= 11 is 0. The lowest BCUT2D eigenvalue weighted by atomic mass is 9.87. The first kappa shape index (κ1) is 18.1. The molecule has 6 heteroatoms. The summed E-state index contributed by atoms with van der Waals surface area (Å²) in [5.41, 5.74) is 1.32. The molecule has 3 fully saturated rings. The Labute approximate surface area is 161 Å². The molecule has 3 aliphatic heterocycles. The molecule has 3 unspecified atom stereocenters. The number of para-hydroxylation sites is 1. The Bertz CT molecular complexity index is 679. The smallest absolute Gasteiger partial charge is 0.226 e. The Hall–Kier alpha value is -1.30. The number of amides is 1. The minimum Gasteiger partial charge on any atom is -0.493 e. The predicted molar refractivity (Wildman–Crippen MR) is 103 cm³/mol. The molecule has 26 heavy (non-hydrogen) atoms. The average Bonchev–Trinajstić information content (AvgIpc) is 3.16. The lowest BCUT2D eigenvalue weighted by Gasteiger charge is -2.32. The summed E-state index contributed by atoms with van der Waals surface area (Å²) in [6.45, 7) is 6.97. The molecule has 1 aliphatic carbocycles. The van der Waals surface area contributed by atoms with Crippen LogP contribution >= 0.6 is 12.4 Å². The zero-order chi connectivity index (χ0) is 16.9. The fraction of sp³-hybridized carbons (Fsp3) is 0.650. The molecule has 142 valence electrons. The molecule has 1 aromatic rings. The van der Waals surface area contributed by atoms with Crippen LogP contribution in [0.1, 0.15) is 24.8 Å². The number of carbonyl (C=O) groups is 1. The number of hydrogen-bond acceptors (Lipinski definition) is 4. The maximum atomic E-state index is 13.2. The number of halogens is 1. The van der Waals surface area contributed by atoms with E-state index in [1.54, 1.807) is 0 Å². The van der Waals surface area contributed by atoms with E-state index in [0.29, 0.717) is 11.9 Å². The normalized spacial score (nSPS) is 33.3. The SMILES string of the molecule is Cl.O=C(C1CC12CCOc1ccccc12)N1CCC(N2CCNCC2)C1. The van der Waals surface area contributed by atoms with Crippen LogP contribution in [0.4, 0.5) is 0 Å². The molecule has 1 aromatic carbocycles. The summed E-state index contributed by atoms with van der Waals surface area (Å²) in [4.78, 5) is 17.9. The number of likely N-dealkylation sites (tertiary alicyclic amines) is 1. The number of fused-ring (bicyclic) bond motifs is 2. The number of nitrogens with zero attached hydrogens (tertiary/aromatic N) is 2. The van der Waals surface area contributed by atoms with Gasteiger partial charge in [0.2, 0.25) is 5.91 Å². The minimum atomic E-state index is 0. The van der Waals surface area contributed by atoms with Crippen LogP contribution in [-0.2, 0) is 10.2 Å². The number of ether oxygens (including phenoxy) is 1. The molecule has 0 aromatic heterocycles. The second-order valence-corrected chi connectivity index (χ2v) is 8.02. The van der Waals surface area contributed by atoms with E-state index in [0.717, 1.165) is 70.9 Å². The summed E-state index contributed by atoms with van der Waals surface area (Å²) < 4.78 is 5.81. The quantitative estimate of drug-likeness (QED) is 0.851. The third kappa shape index (κ3) is 2.90. The molecule has 1 amide bonds. The van der Waals surface area contributed by atoms with E-state index in [-0.39, 0.29) is 23.7 Å². The van der Waals surface area contributed by atoms with E-state index in [1.807, 2.05) is 12.1 Å². The lowest BCUT2D eigenvalue weighted by molar-refractivity contribution is -0.132. The standard InChI is InChI=1S/C20H27N3O2.ClH/c24-19(23-9-5-15(14-23)22-10-7-21-8-11-22)17-13-20(17)6-12-25-18-4-2-1-3-16(18)20;/h1-4,15,17,21H,5-14H2;1H. The highest BCUT2D eigenvalue weighted by Crippen LogP contribution is 2.61. The van der Waals surface area contributed by atoms with E-state index >= 15 is 0 Å². The van der Waals surface area contributed by atoms with Crippen molar-refractivity contribution in [2.24, 2.45) is 5.92 Å². The molecule has 4 aliphatic rings. The maximum Gasteiger partial charge on any atom is 0.226 e. The molecule has 0 bridgehead atoms. The van der Waals surface area contributed by atoms with Crippen LogP contribution in [-0.4, -0.2) is 67.6 Å². The topological polar surface area (TPSA) is 44.8 Å². The molecule has 2 saturated heterocycles. The molecule has 5 nitrogen and oxygen atoms in total. The third-order valence-electron chi connectivity index (χ3n) is 6.75. The van der Waals surface area contributed by atoms with Crippen molar-refractivity contribution in [1.82, 2.24) is 15.1 Å². The van der Waals surface area contributed by atoms with Crippen LogP contribution in [0, 0.1) is 5.92 Å². The highest BCUT2D eigenvalue weighted by Gasteiger charge is 2.62. The van der Waals surface area contributed by atoms with Gasteiger partial charge in [-0.1, -0.05) is 18.2 Å². The second-order valence-electron chi connectivity index (χ2n) is 8.02. The van der Waals surface area contributed by atoms with Gasteiger partial charge in [0.1, 0.15) is 5.75 Å². The fourth-order valence-corrected chi connectivity index (χ4v) is 5.19. The molecule has 3 atom stereocenters. The number of piperazine rings is 1. The van der Waals surface area contributed by atoms with Crippen molar-refractivity contribution in [1.29, 1.82) is 0 Å². The molecular formula is C20H28ClN3O2. The van der Waals surface area contributed by atoms with Crippen LogP contribution in [0.2, 0.25) is 0 Å². The lowest BCUT2D eigenvalue weighted by Crippen LogP contribution is -2.49. The van der Waals surface area contributed by atoms with Gasteiger partial charge in [-0.15, -0.1) is 12.4 Å².